The topological polar surface area (TPSA) is 130 Å². The zero-order valence-electron chi connectivity index (χ0n) is 20.7. The summed E-state index contributed by atoms with van der Waals surface area (Å²) >= 11 is 0. The van der Waals surface area contributed by atoms with Gasteiger partial charge in [-0.1, -0.05) is 13.8 Å². The Morgan fingerprint density at radius 2 is 1.78 bits per heavy atom. The molecule has 0 bridgehead atoms. The molecular formula is C26H29NO9. The molecule has 2 N–H and O–H groups in total. The fourth-order valence-electron chi connectivity index (χ4n) is 3.71. The zero-order chi connectivity index (χ0) is 26.4. The van der Waals surface area contributed by atoms with Gasteiger partial charge in [-0.25, -0.2) is 4.79 Å². The molecule has 2 aromatic rings. The second-order valence-electron chi connectivity index (χ2n) is 8.40. The molecule has 0 fully saturated rings. The Morgan fingerprint density at radius 1 is 1.06 bits per heavy atom. The Balaban J connectivity index is 1.73. The molecule has 1 heterocycles. The monoisotopic (exact) mass is 499 g/mol. The fraction of sp³-hybridized carbons (Fsp3) is 0.346. The summed E-state index contributed by atoms with van der Waals surface area (Å²) in [6.45, 7) is 3.35. The summed E-state index contributed by atoms with van der Waals surface area (Å²) in [5.74, 6) is -0.0397. The van der Waals surface area contributed by atoms with Gasteiger partial charge in [0.2, 0.25) is 11.5 Å². The first kappa shape index (κ1) is 26.4. The number of aliphatic carboxylic acids is 1. The average Bonchev–Trinajstić information content (AvgIpc) is 3.15. The lowest BCUT2D eigenvalue weighted by molar-refractivity contribution is -0.142. The average molecular weight is 500 g/mol. The molecule has 1 amide bonds. The van der Waals surface area contributed by atoms with Gasteiger partial charge in [-0.15, -0.1) is 0 Å². The predicted molar refractivity (Wildman–Crippen MR) is 130 cm³/mol. The lowest BCUT2D eigenvalue weighted by atomic mass is 10.0. The lowest BCUT2D eigenvalue weighted by Gasteiger charge is -2.16. The molecule has 1 aliphatic rings. The van der Waals surface area contributed by atoms with Gasteiger partial charge >= 0.3 is 5.97 Å². The van der Waals surface area contributed by atoms with Crippen molar-refractivity contribution in [3.63, 3.8) is 0 Å². The van der Waals surface area contributed by atoms with Crippen LogP contribution in [-0.2, 0) is 9.59 Å². The summed E-state index contributed by atoms with van der Waals surface area (Å²) < 4.78 is 27.4. The number of fused-ring (bicyclic) bond motifs is 1. The first-order valence-electron chi connectivity index (χ1n) is 11.2. The van der Waals surface area contributed by atoms with Crippen molar-refractivity contribution in [2.24, 2.45) is 5.92 Å². The van der Waals surface area contributed by atoms with E-state index in [1.165, 1.54) is 45.6 Å². The Labute approximate surface area is 208 Å². The highest BCUT2D eigenvalue weighted by molar-refractivity contribution is 6.14. The molecule has 3 rings (SSSR count). The van der Waals surface area contributed by atoms with Crippen molar-refractivity contribution in [1.82, 2.24) is 5.32 Å². The number of hydrogen-bond acceptors (Lipinski definition) is 8. The number of nitrogens with one attached hydrogen (secondary N) is 1. The van der Waals surface area contributed by atoms with Crippen LogP contribution in [0, 0.1) is 5.92 Å². The quantitative estimate of drug-likeness (QED) is 0.447. The highest BCUT2D eigenvalue weighted by Crippen LogP contribution is 2.42. The molecule has 0 spiro atoms. The lowest BCUT2D eigenvalue weighted by Crippen LogP contribution is -2.43. The van der Waals surface area contributed by atoms with E-state index in [-0.39, 0.29) is 35.6 Å². The number of allylic oxidation sites excluding steroid dienone is 1. The summed E-state index contributed by atoms with van der Waals surface area (Å²) in [7, 11) is 4.47. The van der Waals surface area contributed by atoms with Crippen molar-refractivity contribution in [3.8, 4) is 28.7 Å². The largest absolute Gasteiger partial charge is 0.493 e. The zero-order valence-corrected chi connectivity index (χ0v) is 20.7. The molecule has 36 heavy (non-hydrogen) atoms. The third-order valence-electron chi connectivity index (χ3n) is 5.37. The van der Waals surface area contributed by atoms with Crippen LogP contribution in [0.3, 0.4) is 0 Å². The molecule has 0 saturated carbocycles. The molecule has 1 unspecified atom stereocenters. The number of hydrogen-bond donors (Lipinski definition) is 2. The van der Waals surface area contributed by atoms with Gasteiger partial charge in [0.05, 0.1) is 26.9 Å². The van der Waals surface area contributed by atoms with Crippen molar-refractivity contribution < 1.29 is 43.2 Å². The summed E-state index contributed by atoms with van der Waals surface area (Å²) in [6.07, 6.45) is 1.84. The standard InChI is InChI=1S/C26H29NO9/c1-14(2)10-18(26(30)31)27-22(28)13-35-16-7-8-17-20(12-16)36-21(23(17)29)11-15-6-9-19(32-3)25(34-5)24(15)33-4/h6-9,11-12,14,18H,10,13H2,1-5H3,(H,27,28)(H,30,31). The first-order chi connectivity index (χ1) is 17.2. The van der Waals surface area contributed by atoms with E-state index in [1.54, 1.807) is 12.1 Å². The number of carboxylic acids is 1. The van der Waals surface area contributed by atoms with Crippen LogP contribution >= 0.6 is 0 Å². The Bertz CT molecular complexity index is 1190. The number of carbonyl (C=O) groups is 3. The molecule has 192 valence electrons. The Kier molecular flexibility index (Phi) is 8.42. The van der Waals surface area contributed by atoms with Crippen molar-refractivity contribution in [3.05, 3.63) is 47.2 Å². The van der Waals surface area contributed by atoms with Crippen molar-refractivity contribution >= 4 is 23.7 Å². The molecule has 10 heteroatoms. The van der Waals surface area contributed by atoms with Crippen LogP contribution in [0.15, 0.2) is 36.1 Å². The van der Waals surface area contributed by atoms with E-state index in [0.29, 0.717) is 34.8 Å². The molecule has 0 aliphatic carbocycles. The Hall–Kier alpha value is -4.21. The van der Waals surface area contributed by atoms with E-state index in [0.717, 1.165) is 0 Å². The van der Waals surface area contributed by atoms with Gasteiger partial charge in [0.25, 0.3) is 5.91 Å². The number of benzene rings is 2. The number of amides is 1. The number of methoxy groups -OCH3 is 3. The number of Topliss-reactive ketones (excluding diaryl/α,β-unsaturated/α-hetero) is 1. The Morgan fingerprint density at radius 3 is 2.39 bits per heavy atom. The van der Waals surface area contributed by atoms with Crippen LogP contribution in [0.25, 0.3) is 6.08 Å². The van der Waals surface area contributed by atoms with Crippen molar-refractivity contribution in [2.45, 2.75) is 26.3 Å². The van der Waals surface area contributed by atoms with E-state index in [2.05, 4.69) is 5.32 Å². The van der Waals surface area contributed by atoms with Gasteiger partial charge in [0, 0.05) is 11.6 Å². The summed E-state index contributed by atoms with van der Waals surface area (Å²) in [5.41, 5.74) is 0.884. The second kappa shape index (κ2) is 11.5. The third-order valence-corrected chi connectivity index (χ3v) is 5.37. The maximum Gasteiger partial charge on any atom is 0.326 e. The summed E-state index contributed by atoms with van der Waals surface area (Å²) in [4.78, 5) is 36.4. The number of carboxylic acid groups (broad SMARTS) is 1. The van der Waals surface area contributed by atoms with E-state index in [1.807, 2.05) is 13.8 Å². The van der Waals surface area contributed by atoms with Gasteiger partial charge < -0.3 is 34.1 Å². The van der Waals surface area contributed by atoms with Crippen LogP contribution in [0.1, 0.15) is 36.2 Å². The van der Waals surface area contributed by atoms with E-state index in [4.69, 9.17) is 23.7 Å². The van der Waals surface area contributed by atoms with Crippen LogP contribution in [0.4, 0.5) is 0 Å². The highest BCUT2D eigenvalue weighted by Gasteiger charge is 2.29. The molecule has 0 saturated heterocycles. The van der Waals surface area contributed by atoms with Gasteiger partial charge in [-0.05, 0) is 42.7 Å². The highest BCUT2D eigenvalue weighted by atomic mass is 16.5. The maximum absolute atomic E-state index is 12.9. The predicted octanol–water partition coefficient (Wildman–Crippen LogP) is 3.32. The molecule has 1 atom stereocenters. The van der Waals surface area contributed by atoms with Crippen LogP contribution < -0.4 is 29.0 Å². The molecule has 0 aromatic heterocycles. The number of ether oxygens (including phenoxy) is 5. The minimum absolute atomic E-state index is 0.0726. The molecule has 10 nitrogen and oxygen atoms in total. The maximum atomic E-state index is 12.9. The minimum Gasteiger partial charge on any atom is -0.493 e. The van der Waals surface area contributed by atoms with Gasteiger partial charge in [0.1, 0.15) is 17.5 Å². The first-order valence-corrected chi connectivity index (χ1v) is 11.2. The smallest absolute Gasteiger partial charge is 0.326 e. The third kappa shape index (κ3) is 5.88. The second-order valence-corrected chi connectivity index (χ2v) is 8.40. The van der Waals surface area contributed by atoms with Crippen LogP contribution in [0.2, 0.25) is 0 Å². The molecule has 0 radical (unpaired) electrons. The van der Waals surface area contributed by atoms with Crippen LogP contribution in [-0.4, -0.2) is 56.7 Å². The number of rotatable bonds is 11. The summed E-state index contributed by atoms with van der Waals surface area (Å²) in [6, 6.07) is 6.97. The number of carbonyl (C=O) groups excluding carboxylic acids is 2. The normalized spacial score (nSPS) is 14.2. The van der Waals surface area contributed by atoms with Crippen LogP contribution in [0.5, 0.6) is 28.7 Å². The molecule has 1 aliphatic heterocycles. The SMILES string of the molecule is COc1ccc(C=C2Oc3cc(OCC(=O)NC(CC(C)C)C(=O)O)ccc3C2=O)c(OC)c1OC. The fourth-order valence-corrected chi connectivity index (χ4v) is 3.71. The van der Waals surface area contributed by atoms with E-state index < -0.39 is 17.9 Å². The van der Waals surface area contributed by atoms with Gasteiger partial charge in [-0.3, -0.25) is 9.59 Å². The summed E-state index contributed by atoms with van der Waals surface area (Å²) in [5, 5.41) is 11.7. The minimum atomic E-state index is -1.10. The molecule has 2 aromatic carbocycles. The van der Waals surface area contributed by atoms with Gasteiger partial charge in [-0.2, -0.15) is 0 Å². The van der Waals surface area contributed by atoms with Crippen molar-refractivity contribution in [1.29, 1.82) is 0 Å². The molecular weight excluding hydrogens is 470 g/mol. The number of ketones is 1. The van der Waals surface area contributed by atoms with Gasteiger partial charge in [0.15, 0.2) is 23.9 Å². The van der Waals surface area contributed by atoms with Crippen molar-refractivity contribution in [2.75, 3.05) is 27.9 Å². The van der Waals surface area contributed by atoms with E-state index in [9.17, 15) is 19.5 Å². The van der Waals surface area contributed by atoms with E-state index >= 15 is 0 Å².